The number of fused-ring (bicyclic) bond motifs is 2. The van der Waals surface area contributed by atoms with Gasteiger partial charge in [-0.15, -0.1) is 0 Å². The van der Waals surface area contributed by atoms with E-state index >= 15 is 0 Å². The quantitative estimate of drug-likeness (QED) is 0.256. The SMILES string of the molecule is CCOc1cc([C@H]2c3sc(=O)[nH]c3SC3C(=O)N(c4ccc(Cl)cc4)C(=O)C32)ccc1OCC(=O)Nc1ccccc1. The van der Waals surface area contributed by atoms with E-state index < -0.39 is 17.1 Å². The number of nitrogens with zero attached hydrogens (tertiary/aromatic N) is 1. The van der Waals surface area contributed by atoms with Crippen molar-refractivity contribution < 1.29 is 23.9 Å². The molecule has 3 atom stereocenters. The first-order chi connectivity index (χ1) is 20.3. The molecule has 2 aliphatic rings. The first-order valence-electron chi connectivity index (χ1n) is 13.1. The highest BCUT2D eigenvalue weighted by Crippen LogP contribution is 2.53. The Bertz CT molecular complexity index is 1720. The molecule has 12 heteroatoms. The van der Waals surface area contributed by atoms with Gasteiger partial charge in [0.2, 0.25) is 11.8 Å². The van der Waals surface area contributed by atoms with Crippen LogP contribution in [0.2, 0.25) is 5.02 Å². The number of thioether (sulfide) groups is 1. The normalized spacial score (nSPS) is 19.3. The Kier molecular flexibility index (Phi) is 7.80. The van der Waals surface area contributed by atoms with Crippen LogP contribution in [-0.2, 0) is 14.4 Å². The Balaban J connectivity index is 1.32. The fourth-order valence-electron chi connectivity index (χ4n) is 5.19. The summed E-state index contributed by atoms with van der Waals surface area (Å²) in [6, 6.07) is 20.8. The molecule has 2 aliphatic heterocycles. The molecule has 2 N–H and O–H groups in total. The van der Waals surface area contributed by atoms with Gasteiger partial charge in [0.15, 0.2) is 18.1 Å². The van der Waals surface area contributed by atoms with Crippen LogP contribution in [0.4, 0.5) is 11.4 Å². The number of nitrogens with one attached hydrogen (secondary N) is 2. The van der Waals surface area contributed by atoms with E-state index in [2.05, 4.69) is 10.3 Å². The molecular formula is C30H24ClN3O6S2. The Morgan fingerprint density at radius 3 is 2.48 bits per heavy atom. The first kappa shape index (κ1) is 28.1. The van der Waals surface area contributed by atoms with Crippen LogP contribution >= 0.6 is 34.7 Å². The van der Waals surface area contributed by atoms with Crippen molar-refractivity contribution in [1.82, 2.24) is 4.98 Å². The summed E-state index contributed by atoms with van der Waals surface area (Å²) in [6.07, 6.45) is 0. The molecule has 1 aromatic heterocycles. The van der Waals surface area contributed by atoms with Crippen molar-refractivity contribution >= 4 is 63.8 Å². The molecule has 9 nitrogen and oxygen atoms in total. The molecule has 0 radical (unpaired) electrons. The minimum Gasteiger partial charge on any atom is -0.490 e. The molecule has 1 fully saturated rings. The lowest BCUT2D eigenvalue weighted by Gasteiger charge is -2.30. The Hall–Kier alpha value is -4.06. The van der Waals surface area contributed by atoms with Gasteiger partial charge in [0.05, 0.1) is 23.2 Å². The van der Waals surface area contributed by atoms with Gasteiger partial charge in [-0.2, -0.15) is 0 Å². The van der Waals surface area contributed by atoms with Gasteiger partial charge in [0.25, 0.3) is 5.91 Å². The largest absolute Gasteiger partial charge is 0.490 e. The van der Waals surface area contributed by atoms with Crippen molar-refractivity contribution in [2.45, 2.75) is 23.1 Å². The van der Waals surface area contributed by atoms with Gasteiger partial charge in [-0.05, 0) is 61.0 Å². The van der Waals surface area contributed by atoms with E-state index in [1.54, 1.807) is 54.6 Å². The lowest BCUT2D eigenvalue weighted by molar-refractivity contribution is -0.122. The van der Waals surface area contributed by atoms with Crippen molar-refractivity contribution in [1.29, 1.82) is 0 Å². The number of aromatic nitrogens is 1. The molecule has 0 spiro atoms. The number of thiazole rings is 1. The second-order valence-corrected chi connectivity index (χ2v) is 12.2. The molecule has 4 aromatic rings. The molecule has 3 amide bonds. The van der Waals surface area contributed by atoms with Crippen LogP contribution in [0.5, 0.6) is 11.5 Å². The van der Waals surface area contributed by atoms with Gasteiger partial charge >= 0.3 is 4.87 Å². The molecule has 3 aromatic carbocycles. The average molecular weight is 622 g/mol. The number of rotatable bonds is 8. The summed E-state index contributed by atoms with van der Waals surface area (Å²) < 4.78 is 11.7. The molecule has 0 aliphatic carbocycles. The van der Waals surface area contributed by atoms with Crippen LogP contribution in [0, 0.1) is 5.92 Å². The number of carbonyl (C=O) groups excluding carboxylic acids is 3. The van der Waals surface area contributed by atoms with E-state index in [9.17, 15) is 19.2 Å². The van der Waals surface area contributed by atoms with Crippen molar-refractivity contribution in [3.05, 3.63) is 97.9 Å². The summed E-state index contributed by atoms with van der Waals surface area (Å²) in [7, 11) is 0. The van der Waals surface area contributed by atoms with Crippen LogP contribution in [0.15, 0.2) is 82.6 Å². The minimum absolute atomic E-state index is 0.244. The first-order valence-corrected chi connectivity index (χ1v) is 15.2. The molecule has 2 unspecified atom stereocenters. The third-order valence-corrected chi connectivity index (χ3v) is 9.60. The highest BCUT2D eigenvalue weighted by atomic mass is 35.5. The van der Waals surface area contributed by atoms with E-state index in [4.69, 9.17) is 21.1 Å². The number of para-hydroxylation sites is 1. The lowest BCUT2D eigenvalue weighted by Crippen LogP contribution is -2.32. The number of imide groups is 1. The van der Waals surface area contributed by atoms with Crippen LogP contribution in [0.1, 0.15) is 23.3 Å². The van der Waals surface area contributed by atoms with E-state index in [1.807, 2.05) is 25.1 Å². The topological polar surface area (TPSA) is 118 Å². The number of aromatic amines is 1. The number of amides is 3. The van der Waals surface area contributed by atoms with Crippen molar-refractivity contribution in [3.8, 4) is 11.5 Å². The number of ether oxygens (including phenoxy) is 2. The van der Waals surface area contributed by atoms with Crippen LogP contribution < -0.4 is 24.6 Å². The molecule has 42 heavy (non-hydrogen) atoms. The third kappa shape index (κ3) is 5.31. The van der Waals surface area contributed by atoms with Gasteiger partial charge in [0.1, 0.15) is 5.25 Å². The molecular weight excluding hydrogens is 598 g/mol. The number of benzene rings is 3. The maximum absolute atomic E-state index is 13.9. The minimum atomic E-state index is -0.755. The predicted molar refractivity (Wildman–Crippen MR) is 162 cm³/mol. The molecule has 0 bridgehead atoms. The van der Waals surface area contributed by atoms with E-state index in [0.29, 0.717) is 50.0 Å². The van der Waals surface area contributed by atoms with Gasteiger partial charge in [0, 0.05) is 21.5 Å². The number of halogens is 1. The molecule has 3 heterocycles. The zero-order valence-corrected chi connectivity index (χ0v) is 24.6. The molecule has 214 valence electrons. The number of anilines is 2. The average Bonchev–Trinajstić information content (AvgIpc) is 3.47. The van der Waals surface area contributed by atoms with Gasteiger partial charge < -0.3 is 19.8 Å². The number of H-pyrrole nitrogens is 1. The van der Waals surface area contributed by atoms with Crippen LogP contribution in [0.3, 0.4) is 0 Å². The fraction of sp³-hybridized carbons (Fsp3) is 0.200. The third-order valence-electron chi connectivity index (χ3n) is 6.95. The number of carbonyl (C=O) groups is 3. The summed E-state index contributed by atoms with van der Waals surface area (Å²) in [4.78, 5) is 56.9. The van der Waals surface area contributed by atoms with Gasteiger partial charge in [-0.3, -0.25) is 19.2 Å². The Labute approximate surface area is 253 Å². The summed E-state index contributed by atoms with van der Waals surface area (Å²) in [5.74, 6) is -1.65. The lowest BCUT2D eigenvalue weighted by atomic mass is 9.83. The maximum atomic E-state index is 13.9. The number of hydrogen-bond acceptors (Lipinski definition) is 8. The second kappa shape index (κ2) is 11.7. The van der Waals surface area contributed by atoms with Gasteiger partial charge in [-0.25, -0.2) is 4.90 Å². The zero-order valence-electron chi connectivity index (χ0n) is 22.2. The van der Waals surface area contributed by atoms with E-state index in [1.165, 1.54) is 16.7 Å². The summed E-state index contributed by atoms with van der Waals surface area (Å²) in [5.41, 5.74) is 1.78. The molecule has 1 saturated heterocycles. The predicted octanol–water partition coefficient (Wildman–Crippen LogP) is 5.30. The summed E-state index contributed by atoms with van der Waals surface area (Å²) >= 11 is 8.27. The zero-order chi connectivity index (χ0) is 29.4. The maximum Gasteiger partial charge on any atom is 0.305 e. The van der Waals surface area contributed by atoms with E-state index in [0.717, 1.165) is 11.3 Å². The summed E-state index contributed by atoms with van der Waals surface area (Å²) in [6.45, 7) is 1.91. The molecule has 0 saturated carbocycles. The fourth-order valence-corrected chi connectivity index (χ4v) is 7.83. The van der Waals surface area contributed by atoms with Crippen LogP contribution in [-0.4, -0.2) is 41.2 Å². The standard InChI is InChI=1S/C30H24ClN3O6S2/c1-2-39-21-14-16(8-13-20(21)40-15-22(35)32-18-6-4-3-5-7-18)23-24-26(41-27-25(23)42-30(38)33-27)29(37)34(28(24)36)19-11-9-17(31)10-12-19/h3-14,23-24,26H,2,15H2,1H3,(H,32,35)(H,33,38)/t23-,24?,26?/m1/s1. The van der Waals surface area contributed by atoms with Gasteiger partial charge in [-0.1, -0.05) is 59.0 Å². The second-order valence-electron chi connectivity index (χ2n) is 9.58. The van der Waals surface area contributed by atoms with Crippen molar-refractivity contribution in [3.63, 3.8) is 0 Å². The highest BCUT2D eigenvalue weighted by Gasteiger charge is 2.56. The summed E-state index contributed by atoms with van der Waals surface area (Å²) in [5, 5.41) is 3.11. The molecule has 6 rings (SSSR count). The smallest absolute Gasteiger partial charge is 0.305 e. The van der Waals surface area contributed by atoms with Crippen LogP contribution in [0.25, 0.3) is 0 Å². The monoisotopic (exact) mass is 621 g/mol. The van der Waals surface area contributed by atoms with Crippen molar-refractivity contribution in [2.75, 3.05) is 23.4 Å². The van der Waals surface area contributed by atoms with E-state index in [-0.39, 0.29) is 29.2 Å². The number of hydrogen-bond donors (Lipinski definition) is 2. The Morgan fingerprint density at radius 1 is 0.976 bits per heavy atom. The van der Waals surface area contributed by atoms with Crippen molar-refractivity contribution in [2.24, 2.45) is 5.92 Å². The Morgan fingerprint density at radius 2 is 1.74 bits per heavy atom. The highest BCUT2D eigenvalue weighted by molar-refractivity contribution is 8.00.